The van der Waals surface area contributed by atoms with E-state index < -0.39 is 0 Å². The van der Waals surface area contributed by atoms with E-state index in [1.807, 2.05) is 0 Å². The molecule has 0 radical (unpaired) electrons. The molecule has 1 aromatic rings. The predicted molar refractivity (Wildman–Crippen MR) is 76.0 cm³/mol. The van der Waals surface area contributed by atoms with Gasteiger partial charge in [-0.3, -0.25) is 0 Å². The molecular weight excluding hydrogens is 204 g/mol. The van der Waals surface area contributed by atoms with Gasteiger partial charge in [0.1, 0.15) is 0 Å². The maximum atomic E-state index is 2.33. The van der Waals surface area contributed by atoms with Gasteiger partial charge in [-0.15, -0.1) is 0 Å². The zero-order valence-corrected chi connectivity index (χ0v) is 11.9. The van der Waals surface area contributed by atoms with E-state index in [4.69, 9.17) is 0 Å². The first kappa shape index (κ1) is 12.7. The summed E-state index contributed by atoms with van der Waals surface area (Å²) in [5.74, 6) is 0. The van der Waals surface area contributed by atoms with E-state index in [1.165, 1.54) is 44.9 Å². The number of rotatable bonds is 4. The van der Waals surface area contributed by atoms with Crippen molar-refractivity contribution in [3.8, 4) is 0 Å². The van der Waals surface area contributed by atoms with Crippen LogP contribution in [0.2, 0.25) is 0 Å². The van der Waals surface area contributed by atoms with Gasteiger partial charge in [0, 0.05) is 0 Å². The molecule has 0 saturated heterocycles. The summed E-state index contributed by atoms with van der Waals surface area (Å²) >= 11 is 0. The van der Waals surface area contributed by atoms with E-state index in [-0.39, 0.29) is 0 Å². The fraction of sp³-hybridized carbons (Fsp3) is 0.647. The fourth-order valence-electron chi connectivity index (χ4n) is 3.85. The van der Waals surface area contributed by atoms with E-state index >= 15 is 0 Å². The molecule has 17 heavy (non-hydrogen) atoms. The van der Waals surface area contributed by atoms with Crippen molar-refractivity contribution >= 4 is 0 Å². The Bertz CT molecular complexity index is 374. The third kappa shape index (κ3) is 1.92. The van der Waals surface area contributed by atoms with E-state index in [2.05, 4.69) is 27.7 Å². The van der Waals surface area contributed by atoms with Crippen molar-refractivity contribution in [1.82, 2.24) is 0 Å². The smallest absolute Gasteiger partial charge is 0.0270 e. The van der Waals surface area contributed by atoms with Crippen LogP contribution in [0, 0.1) is 0 Å². The van der Waals surface area contributed by atoms with Crippen LogP contribution in [0.1, 0.15) is 67.5 Å². The predicted octanol–water partition coefficient (Wildman–Crippen LogP) is 4.42. The molecule has 1 aliphatic rings. The van der Waals surface area contributed by atoms with Crippen molar-refractivity contribution in [3.63, 3.8) is 0 Å². The Balaban J connectivity index is 2.74. The highest BCUT2D eigenvalue weighted by atomic mass is 14.3. The highest BCUT2D eigenvalue weighted by Gasteiger charge is 2.23. The van der Waals surface area contributed by atoms with Gasteiger partial charge in [-0.05, 0) is 78.3 Å². The number of hydrogen-bond donors (Lipinski definition) is 0. The minimum atomic E-state index is 1.21. The van der Waals surface area contributed by atoms with Crippen LogP contribution in [0.4, 0.5) is 0 Å². The summed E-state index contributed by atoms with van der Waals surface area (Å²) in [6.45, 7) is 9.32. The largest absolute Gasteiger partial charge is 0.0613 e. The van der Waals surface area contributed by atoms with Gasteiger partial charge in [0.15, 0.2) is 0 Å². The van der Waals surface area contributed by atoms with Crippen molar-refractivity contribution in [2.75, 3.05) is 0 Å². The zero-order valence-electron chi connectivity index (χ0n) is 11.9. The van der Waals surface area contributed by atoms with Gasteiger partial charge in [-0.2, -0.15) is 0 Å². The Kier molecular flexibility index (Phi) is 3.91. The van der Waals surface area contributed by atoms with Gasteiger partial charge in [-0.1, -0.05) is 27.7 Å². The second kappa shape index (κ2) is 5.25. The van der Waals surface area contributed by atoms with Crippen LogP contribution in [0.5, 0.6) is 0 Å². The van der Waals surface area contributed by atoms with Gasteiger partial charge in [0.25, 0.3) is 0 Å². The lowest BCUT2D eigenvalue weighted by molar-refractivity contribution is 0.899. The summed E-state index contributed by atoms with van der Waals surface area (Å²) in [5.41, 5.74) is 10.2. The third-order valence-electron chi connectivity index (χ3n) is 4.45. The SMILES string of the molecule is CCc1c(CC)c(CC)c2c(c1CC)CCC2. The Morgan fingerprint density at radius 2 is 0.941 bits per heavy atom. The van der Waals surface area contributed by atoms with Crippen molar-refractivity contribution in [3.05, 3.63) is 33.4 Å². The van der Waals surface area contributed by atoms with Crippen LogP contribution in [0.3, 0.4) is 0 Å². The standard InChI is InChI=1S/C17H26/c1-5-12-13(6-2)15(8-4)17-11-9-10-16(17)14(12)7-3/h5-11H2,1-4H3. The lowest BCUT2D eigenvalue weighted by Gasteiger charge is -2.22. The Morgan fingerprint density at radius 3 is 1.24 bits per heavy atom. The molecule has 0 aromatic heterocycles. The van der Waals surface area contributed by atoms with Gasteiger partial charge in [0.2, 0.25) is 0 Å². The van der Waals surface area contributed by atoms with Crippen LogP contribution in [0.15, 0.2) is 0 Å². The average Bonchev–Trinajstić information content (AvgIpc) is 2.84. The van der Waals surface area contributed by atoms with E-state index in [0.29, 0.717) is 0 Å². The molecule has 0 amide bonds. The summed E-state index contributed by atoms with van der Waals surface area (Å²) in [5, 5.41) is 0. The second-order valence-electron chi connectivity index (χ2n) is 5.14. The van der Waals surface area contributed by atoms with Crippen molar-refractivity contribution < 1.29 is 0 Å². The maximum Gasteiger partial charge on any atom is -0.0270 e. The fourth-order valence-corrected chi connectivity index (χ4v) is 3.85. The van der Waals surface area contributed by atoms with E-state index in [0.717, 1.165) is 0 Å². The summed E-state index contributed by atoms with van der Waals surface area (Å²) in [4.78, 5) is 0. The molecule has 1 aliphatic carbocycles. The molecule has 0 nitrogen and oxygen atoms in total. The molecule has 0 bridgehead atoms. The van der Waals surface area contributed by atoms with E-state index in [9.17, 15) is 0 Å². The molecule has 1 aromatic carbocycles. The topological polar surface area (TPSA) is 0 Å². The molecule has 0 fully saturated rings. The van der Waals surface area contributed by atoms with Crippen LogP contribution in [0.25, 0.3) is 0 Å². The molecule has 0 saturated carbocycles. The second-order valence-corrected chi connectivity index (χ2v) is 5.14. The first-order chi connectivity index (χ1) is 8.28. The zero-order chi connectivity index (χ0) is 12.4. The molecule has 2 rings (SSSR count). The van der Waals surface area contributed by atoms with Crippen molar-refractivity contribution in [2.24, 2.45) is 0 Å². The molecule has 94 valence electrons. The van der Waals surface area contributed by atoms with Crippen LogP contribution < -0.4 is 0 Å². The molecule has 0 atom stereocenters. The van der Waals surface area contributed by atoms with Crippen LogP contribution in [-0.4, -0.2) is 0 Å². The minimum absolute atomic E-state index is 1.21. The summed E-state index contributed by atoms with van der Waals surface area (Å²) in [6, 6.07) is 0. The molecular formula is C17H26. The first-order valence-electron chi connectivity index (χ1n) is 7.45. The number of hydrogen-bond acceptors (Lipinski definition) is 0. The number of benzene rings is 1. The van der Waals surface area contributed by atoms with Crippen LogP contribution >= 0.6 is 0 Å². The van der Waals surface area contributed by atoms with Gasteiger partial charge < -0.3 is 0 Å². The Morgan fingerprint density at radius 1 is 0.588 bits per heavy atom. The number of fused-ring (bicyclic) bond motifs is 1. The summed E-state index contributed by atoms with van der Waals surface area (Å²) < 4.78 is 0. The quantitative estimate of drug-likeness (QED) is 0.718. The van der Waals surface area contributed by atoms with Crippen LogP contribution in [-0.2, 0) is 38.5 Å². The molecule has 0 aliphatic heterocycles. The molecule has 0 unspecified atom stereocenters. The monoisotopic (exact) mass is 230 g/mol. The lowest BCUT2D eigenvalue weighted by Crippen LogP contribution is -2.08. The molecule has 0 spiro atoms. The van der Waals surface area contributed by atoms with Crippen molar-refractivity contribution in [2.45, 2.75) is 72.6 Å². The molecule has 0 N–H and O–H groups in total. The van der Waals surface area contributed by atoms with E-state index in [1.54, 1.807) is 33.4 Å². The maximum absolute atomic E-state index is 2.33. The summed E-state index contributed by atoms with van der Waals surface area (Å²) in [7, 11) is 0. The highest BCUT2D eigenvalue weighted by molar-refractivity contribution is 5.54. The highest BCUT2D eigenvalue weighted by Crippen LogP contribution is 2.35. The van der Waals surface area contributed by atoms with Crippen molar-refractivity contribution in [1.29, 1.82) is 0 Å². The lowest BCUT2D eigenvalue weighted by atomic mass is 9.84. The van der Waals surface area contributed by atoms with Gasteiger partial charge >= 0.3 is 0 Å². The minimum Gasteiger partial charge on any atom is -0.0613 e. The normalized spacial score (nSPS) is 14.1. The Labute approximate surface area is 106 Å². The Hall–Kier alpha value is -0.780. The first-order valence-corrected chi connectivity index (χ1v) is 7.45. The summed E-state index contributed by atoms with van der Waals surface area (Å²) in [6.07, 6.45) is 8.93. The van der Waals surface area contributed by atoms with Gasteiger partial charge in [0.05, 0.1) is 0 Å². The molecule has 0 heterocycles. The molecule has 0 heteroatoms. The average molecular weight is 230 g/mol. The third-order valence-corrected chi connectivity index (χ3v) is 4.45. The van der Waals surface area contributed by atoms with Gasteiger partial charge in [-0.25, -0.2) is 0 Å².